The molecule has 4 aliphatic rings. The highest BCUT2D eigenvalue weighted by Crippen LogP contribution is 2.66. The number of amides is 2. The van der Waals surface area contributed by atoms with E-state index in [0.29, 0.717) is 11.4 Å². The summed E-state index contributed by atoms with van der Waals surface area (Å²) in [6.07, 6.45) is 0. The number of hydrogen-bond acceptors (Lipinski definition) is 3. The predicted molar refractivity (Wildman–Crippen MR) is 114 cm³/mol. The van der Waals surface area contributed by atoms with Crippen molar-refractivity contribution in [2.45, 2.75) is 10.8 Å². The van der Waals surface area contributed by atoms with E-state index < -0.39 is 16.7 Å². The smallest absolute Gasteiger partial charge is 0.240 e. The van der Waals surface area contributed by atoms with Gasteiger partial charge in [-0.15, -0.1) is 11.6 Å². The van der Waals surface area contributed by atoms with E-state index in [1.165, 1.54) is 12.0 Å². The molecule has 3 aliphatic carbocycles. The maximum Gasteiger partial charge on any atom is 0.240 e. The van der Waals surface area contributed by atoms with Crippen molar-refractivity contribution in [2.24, 2.45) is 11.8 Å². The third kappa shape index (κ3) is 1.93. The Labute approximate surface area is 179 Å². The largest absolute Gasteiger partial charge is 0.495 e. The van der Waals surface area contributed by atoms with Crippen molar-refractivity contribution >= 4 is 29.1 Å². The Morgan fingerprint density at radius 3 is 2.03 bits per heavy atom. The quantitative estimate of drug-likeness (QED) is 0.459. The average molecular weight is 416 g/mol. The standard InChI is InChI=1S/C25H18ClNO3/c1-30-19-13-7-6-12-18(19)27-23(28)21-20-14-8-2-4-10-16(14)25(26,22(21)24(27)29)17-11-5-3-9-15(17)20/h2-13,20-22H,1H3/t20?,21-,22+,25?/m0/s1. The molecular weight excluding hydrogens is 398 g/mol. The van der Waals surface area contributed by atoms with E-state index in [-0.39, 0.29) is 17.7 Å². The number of halogens is 1. The molecule has 0 spiro atoms. The Balaban J connectivity index is 1.62. The Kier molecular flexibility index (Phi) is 3.52. The van der Waals surface area contributed by atoms with Crippen molar-refractivity contribution in [2.75, 3.05) is 12.0 Å². The Bertz CT molecular complexity index is 1190. The molecule has 1 heterocycles. The van der Waals surface area contributed by atoms with Crippen molar-refractivity contribution in [3.05, 3.63) is 95.1 Å². The van der Waals surface area contributed by atoms with Gasteiger partial charge in [0, 0.05) is 5.92 Å². The molecule has 1 fully saturated rings. The second-order valence-electron chi connectivity index (χ2n) is 8.05. The van der Waals surface area contributed by atoms with Crippen molar-refractivity contribution in [3.8, 4) is 5.75 Å². The molecule has 0 unspecified atom stereocenters. The SMILES string of the molecule is COc1ccccc1N1C(=O)[C@H]2C3c4ccccc4C(Cl)(c4ccccc43)[C@H]2C1=O. The second-order valence-corrected chi connectivity index (χ2v) is 8.65. The van der Waals surface area contributed by atoms with Gasteiger partial charge >= 0.3 is 0 Å². The van der Waals surface area contributed by atoms with Crippen LogP contribution in [0.2, 0.25) is 0 Å². The lowest BCUT2D eigenvalue weighted by Crippen LogP contribution is -2.50. The minimum absolute atomic E-state index is 0.195. The number of ether oxygens (including phenoxy) is 1. The fraction of sp³-hybridized carbons (Fsp3) is 0.200. The number of hydrogen-bond donors (Lipinski definition) is 0. The molecule has 2 atom stereocenters. The van der Waals surface area contributed by atoms with Gasteiger partial charge in [-0.2, -0.15) is 0 Å². The van der Waals surface area contributed by atoms with Gasteiger partial charge in [0.2, 0.25) is 11.8 Å². The molecule has 4 nitrogen and oxygen atoms in total. The number of carbonyl (C=O) groups is 2. The van der Waals surface area contributed by atoms with Crippen molar-refractivity contribution in [1.29, 1.82) is 0 Å². The summed E-state index contributed by atoms with van der Waals surface area (Å²) >= 11 is 7.42. The Morgan fingerprint density at radius 1 is 0.833 bits per heavy atom. The second kappa shape index (κ2) is 5.96. The van der Waals surface area contributed by atoms with Crippen molar-refractivity contribution in [1.82, 2.24) is 0 Å². The molecule has 0 saturated carbocycles. The lowest BCUT2D eigenvalue weighted by Gasteiger charge is -2.50. The van der Waals surface area contributed by atoms with Crippen LogP contribution in [0, 0.1) is 11.8 Å². The highest BCUT2D eigenvalue weighted by Gasteiger charge is 2.68. The first-order valence-corrected chi connectivity index (χ1v) is 10.4. The third-order valence-electron chi connectivity index (χ3n) is 6.84. The van der Waals surface area contributed by atoms with E-state index in [1.54, 1.807) is 18.2 Å². The summed E-state index contributed by atoms with van der Waals surface area (Å²) in [6.45, 7) is 0. The molecule has 1 aliphatic heterocycles. The summed E-state index contributed by atoms with van der Waals surface area (Å²) in [5, 5.41) is 0. The molecule has 5 heteroatoms. The molecule has 0 aromatic heterocycles. The van der Waals surface area contributed by atoms with Gasteiger partial charge in [0.15, 0.2) is 0 Å². The molecule has 1 saturated heterocycles. The van der Waals surface area contributed by atoms with Crippen LogP contribution in [0.1, 0.15) is 28.2 Å². The first kappa shape index (κ1) is 17.7. The molecule has 2 bridgehead atoms. The zero-order valence-corrected chi connectivity index (χ0v) is 17.0. The lowest BCUT2D eigenvalue weighted by molar-refractivity contribution is -0.122. The number of alkyl halides is 1. The van der Waals surface area contributed by atoms with Crippen molar-refractivity contribution < 1.29 is 14.3 Å². The highest BCUT2D eigenvalue weighted by molar-refractivity contribution is 6.33. The van der Waals surface area contributed by atoms with Gasteiger partial charge in [-0.25, -0.2) is 4.90 Å². The van der Waals surface area contributed by atoms with Crippen LogP contribution in [-0.2, 0) is 14.5 Å². The first-order valence-electron chi connectivity index (χ1n) is 9.97. The van der Waals surface area contributed by atoms with E-state index in [2.05, 4.69) is 0 Å². The van der Waals surface area contributed by atoms with Crippen molar-refractivity contribution in [3.63, 3.8) is 0 Å². The van der Waals surface area contributed by atoms with Gasteiger partial charge < -0.3 is 4.74 Å². The summed E-state index contributed by atoms with van der Waals surface area (Å²) < 4.78 is 5.45. The van der Waals surface area contributed by atoms with Crippen LogP contribution >= 0.6 is 11.6 Å². The zero-order chi connectivity index (χ0) is 20.6. The van der Waals surface area contributed by atoms with Crippen LogP contribution < -0.4 is 9.64 Å². The van der Waals surface area contributed by atoms with E-state index in [9.17, 15) is 9.59 Å². The third-order valence-corrected chi connectivity index (χ3v) is 7.48. The fourth-order valence-corrected chi connectivity index (χ4v) is 6.30. The number of para-hydroxylation sites is 2. The topological polar surface area (TPSA) is 46.6 Å². The average Bonchev–Trinajstić information content (AvgIpc) is 3.05. The number of benzene rings is 3. The number of anilines is 1. The summed E-state index contributed by atoms with van der Waals surface area (Å²) in [7, 11) is 1.54. The summed E-state index contributed by atoms with van der Waals surface area (Å²) in [5.41, 5.74) is 4.41. The molecule has 148 valence electrons. The minimum atomic E-state index is -1.07. The molecule has 0 N–H and O–H groups in total. The van der Waals surface area contributed by atoms with Crippen LogP contribution in [0.4, 0.5) is 5.69 Å². The summed E-state index contributed by atoms with van der Waals surface area (Å²) in [4.78, 5) is 27.8. The normalized spacial score (nSPS) is 28.2. The van der Waals surface area contributed by atoms with Gasteiger partial charge in [0.1, 0.15) is 10.6 Å². The maximum absolute atomic E-state index is 13.8. The molecular formula is C25H18ClNO3. The summed E-state index contributed by atoms with van der Waals surface area (Å²) in [6, 6.07) is 23.0. The van der Waals surface area contributed by atoms with E-state index in [1.807, 2.05) is 54.6 Å². The first-order chi connectivity index (χ1) is 14.6. The monoisotopic (exact) mass is 415 g/mol. The Morgan fingerprint density at radius 2 is 1.40 bits per heavy atom. The van der Waals surface area contributed by atoms with Gasteiger partial charge in [-0.1, -0.05) is 60.7 Å². The number of methoxy groups -OCH3 is 1. The molecule has 30 heavy (non-hydrogen) atoms. The van der Waals surface area contributed by atoms with Gasteiger partial charge in [-0.05, 0) is 34.4 Å². The van der Waals surface area contributed by atoms with Crippen LogP contribution in [0.5, 0.6) is 5.75 Å². The minimum Gasteiger partial charge on any atom is -0.495 e. The van der Waals surface area contributed by atoms with Gasteiger partial charge in [0.25, 0.3) is 0 Å². The predicted octanol–water partition coefficient (Wildman–Crippen LogP) is 4.44. The fourth-order valence-electron chi connectivity index (χ4n) is 5.73. The molecule has 3 aromatic carbocycles. The molecule has 3 aromatic rings. The number of rotatable bonds is 2. The van der Waals surface area contributed by atoms with Gasteiger partial charge in [0.05, 0.1) is 24.6 Å². The number of carbonyl (C=O) groups excluding carboxylic acids is 2. The molecule has 2 amide bonds. The number of imide groups is 1. The van der Waals surface area contributed by atoms with Crippen LogP contribution in [0.3, 0.4) is 0 Å². The Hall–Kier alpha value is -3.11. The number of nitrogens with zero attached hydrogens (tertiary/aromatic N) is 1. The maximum atomic E-state index is 13.8. The highest BCUT2D eigenvalue weighted by atomic mass is 35.5. The molecule has 0 radical (unpaired) electrons. The molecule has 7 rings (SSSR count). The summed E-state index contributed by atoms with van der Waals surface area (Å²) in [5.74, 6) is -1.38. The van der Waals surface area contributed by atoms with Gasteiger partial charge in [-0.3, -0.25) is 9.59 Å². The van der Waals surface area contributed by atoms with Crippen LogP contribution in [0.25, 0.3) is 0 Å². The van der Waals surface area contributed by atoms with Crippen LogP contribution in [0.15, 0.2) is 72.8 Å². The van der Waals surface area contributed by atoms with E-state index >= 15 is 0 Å². The van der Waals surface area contributed by atoms with E-state index in [4.69, 9.17) is 16.3 Å². The van der Waals surface area contributed by atoms with E-state index in [0.717, 1.165) is 22.3 Å². The lowest BCUT2D eigenvalue weighted by atomic mass is 9.54. The van der Waals surface area contributed by atoms with Crippen LogP contribution in [-0.4, -0.2) is 18.9 Å². The zero-order valence-electron chi connectivity index (χ0n) is 16.2.